The average molecular weight is 363 g/mol. The van der Waals surface area contributed by atoms with Gasteiger partial charge in [-0.05, 0) is 55.8 Å². The van der Waals surface area contributed by atoms with Gasteiger partial charge in [-0.2, -0.15) is 5.10 Å². The van der Waals surface area contributed by atoms with Crippen LogP contribution in [0.1, 0.15) is 11.4 Å². The summed E-state index contributed by atoms with van der Waals surface area (Å²) in [5, 5.41) is 10.7. The van der Waals surface area contributed by atoms with Gasteiger partial charge >= 0.3 is 0 Å². The molecular weight excluding hydrogens is 347 g/mol. The second-order valence-corrected chi connectivity index (χ2v) is 6.01. The molecule has 0 aliphatic carbocycles. The van der Waals surface area contributed by atoms with Gasteiger partial charge in [0.25, 0.3) is 0 Å². The van der Waals surface area contributed by atoms with Gasteiger partial charge in [0.05, 0.1) is 23.3 Å². The molecule has 8 heteroatoms. The van der Waals surface area contributed by atoms with Crippen molar-refractivity contribution in [1.29, 1.82) is 0 Å². The van der Waals surface area contributed by atoms with Crippen molar-refractivity contribution in [2.75, 3.05) is 5.32 Å². The molecular formula is C16H16Cl2N6. The summed E-state index contributed by atoms with van der Waals surface area (Å²) in [4.78, 5) is 7.96. The third-order valence-electron chi connectivity index (χ3n) is 3.31. The highest BCUT2D eigenvalue weighted by atomic mass is 35.5. The largest absolute Gasteiger partial charge is 0.353 e. The Labute approximate surface area is 149 Å². The first-order chi connectivity index (χ1) is 11.5. The third-order valence-corrected chi connectivity index (χ3v) is 3.73. The van der Waals surface area contributed by atoms with Gasteiger partial charge in [0.15, 0.2) is 5.29 Å². The van der Waals surface area contributed by atoms with E-state index in [1.54, 1.807) is 12.4 Å². The molecule has 1 aliphatic rings. The number of aromatic nitrogens is 2. The highest BCUT2D eigenvalue weighted by Crippen LogP contribution is 2.17. The third kappa shape index (κ3) is 3.96. The van der Waals surface area contributed by atoms with Crippen molar-refractivity contribution in [3.63, 3.8) is 0 Å². The van der Waals surface area contributed by atoms with E-state index in [1.165, 1.54) is 0 Å². The highest BCUT2D eigenvalue weighted by molar-refractivity contribution is 6.65. The van der Waals surface area contributed by atoms with Crippen molar-refractivity contribution < 1.29 is 0 Å². The number of allylic oxidation sites excluding steroid dienone is 1. The number of benzene rings is 1. The standard InChI is InChI=1S/C16H16Cl2N6/c1-10-7-11(2)24(23-10)14-5-3-12(4-6-14)21-13-8-19-15(17)22-16(18)20-9-13/h3-9,15,21H,1-2H3,(H,20,22). The van der Waals surface area contributed by atoms with Crippen molar-refractivity contribution in [2.24, 2.45) is 9.98 Å². The van der Waals surface area contributed by atoms with Gasteiger partial charge in [0, 0.05) is 17.6 Å². The first-order valence-electron chi connectivity index (χ1n) is 7.29. The minimum absolute atomic E-state index is 0.186. The Kier molecular flexibility index (Phi) is 4.87. The van der Waals surface area contributed by atoms with E-state index in [2.05, 4.69) is 25.7 Å². The van der Waals surface area contributed by atoms with Crippen LogP contribution in [0.2, 0.25) is 0 Å². The van der Waals surface area contributed by atoms with Crippen LogP contribution in [-0.2, 0) is 0 Å². The topological polar surface area (TPSA) is 66.6 Å². The monoisotopic (exact) mass is 362 g/mol. The van der Waals surface area contributed by atoms with Crippen LogP contribution < -0.4 is 10.6 Å². The summed E-state index contributed by atoms with van der Waals surface area (Å²) in [5.41, 5.74) is 3.96. The SMILES string of the molecule is Cc1cc(C)n(-c2ccc(NC3=CNC(Cl)=NC(Cl)N=C3)cc2)n1. The van der Waals surface area contributed by atoms with Gasteiger partial charge in [0.2, 0.25) is 5.62 Å². The normalized spacial score (nSPS) is 17.4. The molecule has 1 unspecified atom stereocenters. The van der Waals surface area contributed by atoms with Gasteiger partial charge in [0.1, 0.15) is 0 Å². The maximum atomic E-state index is 5.89. The Bertz CT molecular complexity index is 820. The summed E-state index contributed by atoms with van der Waals surface area (Å²) < 4.78 is 1.91. The maximum absolute atomic E-state index is 5.89. The zero-order valence-corrected chi connectivity index (χ0v) is 14.7. The lowest BCUT2D eigenvalue weighted by Gasteiger charge is -2.11. The fraction of sp³-hybridized carbons (Fsp3) is 0.188. The first-order valence-corrected chi connectivity index (χ1v) is 8.11. The van der Waals surface area contributed by atoms with Crippen LogP contribution in [0.25, 0.3) is 5.69 Å². The van der Waals surface area contributed by atoms with E-state index in [0.29, 0.717) is 5.70 Å². The summed E-state index contributed by atoms with van der Waals surface area (Å²) in [7, 11) is 0. The molecule has 2 N–H and O–H groups in total. The smallest absolute Gasteiger partial charge is 0.217 e. The molecule has 1 aromatic carbocycles. The predicted octanol–water partition coefficient (Wildman–Crippen LogP) is 3.53. The Morgan fingerprint density at radius 3 is 2.62 bits per heavy atom. The van der Waals surface area contributed by atoms with Crippen LogP contribution in [0.4, 0.5) is 5.69 Å². The van der Waals surface area contributed by atoms with Crippen LogP contribution in [-0.4, -0.2) is 26.9 Å². The molecule has 0 radical (unpaired) electrons. The number of anilines is 1. The van der Waals surface area contributed by atoms with E-state index < -0.39 is 5.62 Å². The lowest BCUT2D eigenvalue weighted by molar-refractivity contribution is 0.834. The fourth-order valence-electron chi connectivity index (χ4n) is 2.29. The van der Waals surface area contributed by atoms with Crippen molar-refractivity contribution in [1.82, 2.24) is 15.1 Å². The van der Waals surface area contributed by atoms with Crippen LogP contribution in [0.3, 0.4) is 0 Å². The summed E-state index contributed by atoms with van der Waals surface area (Å²) in [5.74, 6) is 0. The second kappa shape index (κ2) is 7.07. The summed E-state index contributed by atoms with van der Waals surface area (Å²) in [6, 6.07) is 9.96. The van der Waals surface area contributed by atoms with E-state index in [-0.39, 0.29) is 5.29 Å². The number of aliphatic imine (C=N–C) groups is 2. The molecule has 2 heterocycles. The number of alkyl halides is 1. The number of hydrogen-bond donors (Lipinski definition) is 2. The van der Waals surface area contributed by atoms with E-state index >= 15 is 0 Å². The van der Waals surface area contributed by atoms with E-state index in [0.717, 1.165) is 22.8 Å². The summed E-state index contributed by atoms with van der Waals surface area (Å²) in [6.07, 6.45) is 3.28. The maximum Gasteiger partial charge on any atom is 0.217 e. The van der Waals surface area contributed by atoms with Gasteiger partial charge in [-0.15, -0.1) is 0 Å². The van der Waals surface area contributed by atoms with E-state index in [9.17, 15) is 0 Å². The second-order valence-electron chi connectivity index (χ2n) is 5.26. The Balaban J connectivity index is 1.77. The van der Waals surface area contributed by atoms with Crippen molar-refractivity contribution >= 4 is 40.4 Å². The Morgan fingerprint density at radius 1 is 1.21 bits per heavy atom. The molecule has 1 atom stereocenters. The van der Waals surface area contributed by atoms with Gasteiger partial charge in [-0.25, -0.2) is 14.7 Å². The minimum Gasteiger partial charge on any atom is -0.353 e. The molecule has 1 aliphatic heterocycles. The number of amidine groups is 1. The average Bonchev–Trinajstić information content (AvgIpc) is 2.88. The van der Waals surface area contributed by atoms with Crippen LogP contribution in [0.5, 0.6) is 0 Å². The van der Waals surface area contributed by atoms with E-state index in [4.69, 9.17) is 23.2 Å². The number of halogens is 2. The van der Waals surface area contributed by atoms with Crippen LogP contribution in [0, 0.1) is 13.8 Å². The van der Waals surface area contributed by atoms with Crippen LogP contribution in [0.15, 0.2) is 52.2 Å². The first kappa shape index (κ1) is 16.5. The number of rotatable bonds is 3. The molecule has 0 fully saturated rings. The number of aryl methyl sites for hydroxylation is 2. The Morgan fingerprint density at radius 2 is 1.96 bits per heavy atom. The quantitative estimate of drug-likeness (QED) is 0.648. The lowest BCUT2D eigenvalue weighted by atomic mass is 10.2. The lowest BCUT2D eigenvalue weighted by Crippen LogP contribution is -2.18. The molecule has 2 aromatic rings. The zero-order chi connectivity index (χ0) is 17.1. The summed E-state index contributed by atoms with van der Waals surface area (Å²) >= 11 is 11.7. The number of nitrogens with zero attached hydrogens (tertiary/aromatic N) is 4. The molecule has 0 bridgehead atoms. The van der Waals surface area contributed by atoms with Gasteiger partial charge in [-0.3, -0.25) is 0 Å². The van der Waals surface area contributed by atoms with Gasteiger partial charge in [-0.1, -0.05) is 11.6 Å². The molecule has 0 saturated carbocycles. The molecule has 6 nitrogen and oxygen atoms in total. The highest BCUT2D eigenvalue weighted by Gasteiger charge is 2.06. The molecule has 1 aromatic heterocycles. The molecule has 0 amide bonds. The Hall–Kier alpha value is -2.31. The van der Waals surface area contributed by atoms with Crippen LogP contribution >= 0.6 is 23.2 Å². The fourth-order valence-corrected chi connectivity index (χ4v) is 2.64. The van der Waals surface area contributed by atoms with Crippen molar-refractivity contribution in [3.05, 3.63) is 53.6 Å². The predicted molar refractivity (Wildman–Crippen MR) is 99.3 cm³/mol. The van der Waals surface area contributed by atoms with Gasteiger partial charge < -0.3 is 10.6 Å². The van der Waals surface area contributed by atoms with E-state index in [1.807, 2.05) is 48.9 Å². The molecule has 24 heavy (non-hydrogen) atoms. The zero-order valence-electron chi connectivity index (χ0n) is 13.2. The molecule has 0 saturated heterocycles. The number of hydrogen-bond acceptors (Lipinski definition) is 5. The van der Waals surface area contributed by atoms with Crippen molar-refractivity contribution in [2.45, 2.75) is 19.5 Å². The molecule has 124 valence electrons. The minimum atomic E-state index is -0.746. The molecule has 3 rings (SSSR count). The number of nitrogens with one attached hydrogen (secondary N) is 2. The van der Waals surface area contributed by atoms with Crippen molar-refractivity contribution in [3.8, 4) is 5.69 Å². The molecule has 0 spiro atoms. The summed E-state index contributed by atoms with van der Waals surface area (Å²) in [6.45, 7) is 4.01.